The second kappa shape index (κ2) is 26.4. The summed E-state index contributed by atoms with van der Waals surface area (Å²) < 4.78 is 162. The van der Waals surface area contributed by atoms with Crippen LogP contribution in [0.1, 0.15) is 55.6 Å². The van der Waals surface area contributed by atoms with E-state index in [1.54, 1.807) is 121 Å². The largest absolute Gasteiger partial charge is 0.310 e. The van der Waals surface area contributed by atoms with Crippen LogP contribution in [0.2, 0.25) is 0 Å². The number of anilines is 6. The number of hydrogen-bond acceptors (Lipinski definition) is 2. The molecule has 2 unspecified atom stereocenters. The van der Waals surface area contributed by atoms with Crippen LogP contribution in [0.5, 0.6) is 0 Å². The van der Waals surface area contributed by atoms with Crippen molar-refractivity contribution in [2.45, 2.75) is 23.7 Å². The van der Waals surface area contributed by atoms with Crippen molar-refractivity contribution in [3.05, 3.63) is 418 Å². The predicted molar refractivity (Wildman–Crippen MR) is 396 cm³/mol. The van der Waals surface area contributed by atoms with Crippen molar-refractivity contribution < 1.29 is 43.9 Å². The third-order valence-corrected chi connectivity index (χ3v) is 20.5. The summed E-state index contributed by atoms with van der Waals surface area (Å²) in [6.45, 7) is 7.74. The van der Waals surface area contributed by atoms with Crippen LogP contribution in [-0.4, -0.2) is 0 Å². The highest BCUT2D eigenvalue weighted by atomic mass is 19.2. The zero-order chi connectivity index (χ0) is 71.7. The third kappa shape index (κ3) is 10.9. The second-order valence-corrected chi connectivity index (χ2v) is 26.1. The molecular formula is C92H58F10N2. The van der Waals surface area contributed by atoms with Crippen molar-refractivity contribution in [2.75, 3.05) is 9.80 Å². The number of fused-ring (bicyclic) bond motifs is 6. The standard InChI is InChI=1S/C92H58F10N2/c1-3-55-23-27-57(28-24-55)53-91(79-81(93)85(97)89(101)86(98)82(79)94)75-21-13-11-19-71(75)73-49-47-69(51-77(73)91)103(65-39-31-61(32-40-65)59-15-7-5-8-16-59)67-43-35-63(36-44-67)64-37-45-68(46-38-64)104(66-41-33-62(34-42-66)60-17-9-6-10-18-60)70-48-50-74-72-20-12-14-22-76(72)92(78(74)52-70,54-58-29-25-56(4-2)26-30-58)80-83(95)87(99)90(102)88(100)84(80)96/h3-52H,1-2,53-54H2. The highest BCUT2D eigenvalue weighted by Crippen LogP contribution is 2.60. The summed E-state index contributed by atoms with van der Waals surface area (Å²) in [5.74, 6) is -20.5. The molecule has 0 fully saturated rings. The molecule has 0 aliphatic heterocycles. The van der Waals surface area contributed by atoms with Gasteiger partial charge in [0.2, 0.25) is 11.6 Å². The molecule has 0 saturated heterocycles. The number of nitrogens with zero attached hydrogens (tertiary/aromatic N) is 2. The Morgan fingerprint density at radius 1 is 0.240 bits per heavy atom. The maximum Gasteiger partial charge on any atom is 0.200 e. The van der Waals surface area contributed by atoms with Crippen LogP contribution in [0, 0.1) is 58.2 Å². The molecule has 12 heteroatoms. The molecule has 2 atom stereocenters. The van der Waals surface area contributed by atoms with Crippen molar-refractivity contribution in [3.63, 3.8) is 0 Å². The lowest BCUT2D eigenvalue weighted by atomic mass is 9.68. The van der Waals surface area contributed by atoms with Crippen LogP contribution in [0.25, 0.3) is 67.8 Å². The molecule has 0 aromatic heterocycles. The maximum atomic E-state index is 17.0. The van der Waals surface area contributed by atoms with E-state index in [2.05, 4.69) is 13.2 Å². The SMILES string of the molecule is C=Cc1ccc(CC2(c3c(F)c(F)c(F)c(F)c3F)c3ccccc3-c3ccc(N(c4ccc(-c5ccccc5)cc4)c4ccc(-c5ccc(N(c6ccc(-c7ccccc7)cc6)c6ccc7c(c6)C(Cc6ccc(C=C)cc6)(c6c(F)c(F)c(F)c(F)c6F)c6ccccc6-7)cc5)cc4)cc32)cc1. The Morgan fingerprint density at radius 2 is 0.490 bits per heavy atom. The van der Waals surface area contributed by atoms with Crippen LogP contribution in [0.3, 0.4) is 0 Å². The quantitative estimate of drug-likeness (QED) is 0.0509. The molecular weight excluding hydrogens is 1320 g/mol. The molecule has 2 aliphatic carbocycles. The van der Waals surface area contributed by atoms with Gasteiger partial charge in [0.25, 0.3) is 0 Å². The first kappa shape index (κ1) is 66.0. The Balaban J connectivity index is 0.826. The van der Waals surface area contributed by atoms with Gasteiger partial charge in [-0.2, -0.15) is 0 Å². The first-order valence-corrected chi connectivity index (χ1v) is 33.7. The zero-order valence-corrected chi connectivity index (χ0v) is 55.4. The maximum absolute atomic E-state index is 17.0. The van der Waals surface area contributed by atoms with E-state index in [-0.39, 0.29) is 12.8 Å². The van der Waals surface area contributed by atoms with Crippen molar-refractivity contribution >= 4 is 46.3 Å². The molecule has 2 nitrogen and oxygen atoms in total. The lowest BCUT2D eigenvalue weighted by molar-refractivity contribution is 0.357. The average Bonchev–Trinajstić information content (AvgIpc) is 1.66. The van der Waals surface area contributed by atoms with Gasteiger partial charge in [-0.25, -0.2) is 43.9 Å². The molecule has 14 aromatic carbocycles. The van der Waals surface area contributed by atoms with Crippen LogP contribution in [0.4, 0.5) is 78.0 Å². The molecule has 0 saturated carbocycles. The van der Waals surface area contributed by atoms with Gasteiger partial charge in [-0.1, -0.05) is 244 Å². The number of hydrogen-bond donors (Lipinski definition) is 0. The van der Waals surface area contributed by atoms with Gasteiger partial charge in [0, 0.05) is 45.3 Å². The van der Waals surface area contributed by atoms with Gasteiger partial charge in [-0.05, 0) is 186 Å². The molecule has 0 heterocycles. The lowest BCUT2D eigenvalue weighted by Gasteiger charge is -2.35. The summed E-state index contributed by atoms with van der Waals surface area (Å²) in [4.78, 5) is 3.95. The first-order valence-electron chi connectivity index (χ1n) is 33.7. The zero-order valence-electron chi connectivity index (χ0n) is 55.4. The fourth-order valence-corrected chi connectivity index (χ4v) is 15.6. The molecule has 0 amide bonds. The minimum absolute atomic E-state index is 0.201. The van der Waals surface area contributed by atoms with E-state index in [0.29, 0.717) is 89.8 Å². The molecule has 0 N–H and O–H groups in total. The van der Waals surface area contributed by atoms with Crippen LogP contribution in [0.15, 0.2) is 304 Å². The monoisotopic (exact) mass is 1380 g/mol. The fraction of sp³-hybridized carbons (Fsp3) is 0.0435. The topological polar surface area (TPSA) is 6.48 Å². The molecule has 14 aromatic rings. The Morgan fingerprint density at radius 3 is 0.788 bits per heavy atom. The first-order chi connectivity index (χ1) is 50.6. The minimum Gasteiger partial charge on any atom is -0.310 e. The van der Waals surface area contributed by atoms with E-state index in [1.165, 1.54) is 0 Å². The van der Waals surface area contributed by atoms with Crippen LogP contribution >= 0.6 is 0 Å². The molecule has 506 valence electrons. The molecule has 104 heavy (non-hydrogen) atoms. The summed E-state index contributed by atoms with van der Waals surface area (Å²) in [6, 6.07) is 90.0. The van der Waals surface area contributed by atoms with Gasteiger partial charge in [0.15, 0.2) is 46.5 Å². The van der Waals surface area contributed by atoms with E-state index >= 15 is 43.9 Å². The smallest absolute Gasteiger partial charge is 0.200 e. The molecule has 16 rings (SSSR count). The van der Waals surface area contributed by atoms with E-state index < -0.39 is 80.1 Å². The highest BCUT2D eigenvalue weighted by Gasteiger charge is 2.52. The normalized spacial score (nSPS) is 14.7. The van der Waals surface area contributed by atoms with Gasteiger partial charge in [-0.3, -0.25) is 0 Å². The van der Waals surface area contributed by atoms with Gasteiger partial charge in [0.05, 0.1) is 10.8 Å². The van der Waals surface area contributed by atoms with E-state index in [1.807, 2.05) is 192 Å². The van der Waals surface area contributed by atoms with Crippen molar-refractivity contribution in [1.82, 2.24) is 0 Å². The minimum atomic E-state index is -2.26. The van der Waals surface area contributed by atoms with Gasteiger partial charge >= 0.3 is 0 Å². The van der Waals surface area contributed by atoms with Gasteiger partial charge < -0.3 is 9.80 Å². The number of rotatable bonds is 17. The summed E-state index contributed by atoms with van der Waals surface area (Å²) in [6.07, 6.45) is 2.88. The van der Waals surface area contributed by atoms with Crippen molar-refractivity contribution in [2.24, 2.45) is 0 Å². The Kier molecular flexibility index (Phi) is 16.8. The summed E-state index contributed by atoms with van der Waals surface area (Å²) in [5.41, 5.74) is 9.36. The van der Waals surface area contributed by atoms with E-state index in [9.17, 15) is 0 Å². The number of halogens is 10. The summed E-state index contributed by atoms with van der Waals surface area (Å²) in [7, 11) is 0. The Hall–Kier alpha value is -12.5. The number of benzene rings is 14. The van der Waals surface area contributed by atoms with Crippen LogP contribution < -0.4 is 9.80 Å². The van der Waals surface area contributed by atoms with E-state index in [4.69, 9.17) is 0 Å². The molecule has 0 radical (unpaired) electrons. The summed E-state index contributed by atoms with van der Waals surface area (Å²) >= 11 is 0. The molecule has 2 aliphatic rings. The summed E-state index contributed by atoms with van der Waals surface area (Å²) in [5, 5.41) is 0. The van der Waals surface area contributed by atoms with Crippen LogP contribution in [-0.2, 0) is 23.7 Å². The van der Waals surface area contributed by atoms with E-state index in [0.717, 1.165) is 44.5 Å². The Bertz CT molecular complexity index is 5280. The third-order valence-electron chi connectivity index (χ3n) is 20.5. The molecule has 0 spiro atoms. The lowest BCUT2D eigenvalue weighted by Crippen LogP contribution is -2.34. The van der Waals surface area contributed by atoms with Crippen molar-refractivity contribution in [3.8, 4) is 55.6 Å². The van der Waals surface area contributed by atoms with Gasteiger partial charge in [-0.15, -0.1) is 0 Å². The van der Waals surface area contributed by atoms with Gasteiger partial charge in [0.1, 0.15) is 0 Å². The Labute approximate surface area is 594 Å². The predicted octanol–water partition coefficient (Wildman–Crippen LogP) is 25.4. The highest BCUT2D eigenvalue weighted by molar-refractivity contribution is 5.91. The molecule has 0 bridgehead atoms. The fourth-order valence-electron chi connectivity index (χ4n) is 15.6. The second-order valence-electron chi connectivity index (χ2n) is 26.1. The van der Waals surface area contributed by atoms with Crippen molar-refractivity contribution in [1.29, 1.82) is 0 Å². The average molecular weight is 1380 g/mol.